The van der Waals surface area contributed by atoms with Gasteiger partial charge in [0.1, 0.15) is 0 Å². The highest BCUT2D eigenvalue weighted by Gasteiger charge is 2.61. The molecule has 57 heavy (non-hydrogen) atoms. The van der Waals surface area contributed by atoms with E-state index >= 15 is 0 Å². The first-order valence-electron chi connectivity index (χ1n) is 21.3. The van der Waals surface area contributed by atoms with Crippen LogP contribution in [0.25, 0.3) is 31.3 Å². The smallest absolute Gasteiger partial charge is 0.252 e. The minimum absolute atomic E-state index is 0.0121. The Hall–Kier alpha value is -4.80. The van der Waals surface area contributed by atoms with Crippen LogP contribution in [0.4, 0.5) is 28.4 Å². The number of fused-ring (bicyclic) bond motifs is 11. The molecule has 7 aromatic rings. The van der Waals surface area contributed by atoms with E-state index in [9.17, 15) is 0 Å². The van der Waals surface area contributed by atoms with Crippen molar-refractivity contribution in [3.05, 3.63) is 131 Å². The molecule has 6 aromatic carbocycles. The summed E-state index contributed by atoms with van der Waals surface area (Å²) < 4.78 is 2.72. The molecule has 2 atom stereocenters. The molecular weight excluding hydrogens is 707 g/mol. The summed E-state index contributed by atoms with van der Waals surface area (Å²) in [5.74, 6) is 0. The lowest BCUT2D eigenvalue weighted by molar-refractivity contribution is 0.195. The van der Waals surface area contributed by atoms with E-state index in [0.29, 0.717) is 0 Å². The number of anilines is 5. The molecule has 1 fully saturated rings. The normalized spacial score (nSPS) is 20.8. The van der Waals surface area contributed by atoms with Crippen molar-refractivity contribution in [1.82, 2.24) is 0 Å². The third-order valence-electron chi connectivity index (χ3n) is 14.7. The highest BCUT2D eigenvalue weighted by Crippen LogP contribution is 2.62. The molecule has 0 amide bonds. The van der Waals surface area contributed by atoms with Gasteiger partial charge in [0.25, 0.3) is 6.71 Å². The average molecular weight is 761 g/mol. The molecule has 2 nitrogen and oxygen atoms in total. The van der Waals surface area contributed by atoms with Crippen molar-refractivity contribution in [2.45, 2.75) is 110 Å². The van der Waals surface area contributed by atoms with Gasteiger partial charge in [0.2, 0.25) is 0 Å². The first-order valence-corrected chi connectivity index (χ1v) is 22.1. The molecule has 1 aromatic heterocycles. The van der Waals surface area contributed by atoms with Gasteiger partial charge in [-0.25, -0.2) is 0 Å². The van der Waals surface area contributed by atoms with Crippen molar-refractivity contribution in [3.8, 4) is 11.1 Å². The Balaban J connectivity index is 1.31. The van der Waals surface area contributed by atoms with Crippen LogP contribution in [0.3, 0.4) is 0 Å². The van der Waals surface area contributed by atoms with Crippen LogP contribution in [-0.2, 0) is 16.2 Å². The summed E-state index contributed by atoms with van der Waals surface area (Å²) in [4.78, 5) is 5.59. The average Bonchev–Trinajstić information content (AvgIpc) is 3.66. The first kappa shape index (κ1) is 35.4. The topological polar surface area (TPSA) is 6.48 Å². The van der Waals surface area contributed by atoms with E-state index in [0.717, 1.165) is 0 Å². The largest absolute Gasteiger partial charge is 0.335 e. The van der Waals surface area contributed by atoms with Crippen molar-refractivity contribution in [3.63, 3.8) is 0 Å². The minimum atomic E-state index is -0.0184. The SMILES string of the molecule is Cc1cc2c3c(c1)N1c4c(cc(C(C)(C)C)cc4C4(C)CCCCC14C)B3c1ccc3c(sc4ccccc43)c1N2c1ccc(C(C)(C)C)cc1-c1ccccc1. The maximum Gasteiger partial charge on any atom is 0.252 e. The molecule has 4 heteroatoms. The van der Waals surface area contributed by atoms with Crippen LogP contribution in [0.1, 0.15) is 103 Å². The van der Waals surface area contributed by atoms with Gasteiger partial charge in [0.05, 0.1) is 21.6 Å². The summed E-state index contributed by atoms with van der Waals surface area (Å²) in [6.07, 6.45) is 4.99. The molecule has 4 heterocycles. The zero-order valence-corrected chi connectivity index (χ0v) is 35.9. The molecule has 0 spiro atoms. The fraction of sp³-hybridized carbons (Fsp3) is 0.321. The van der Waals surface area contributed by atoms with Crippen LogP contribution >= 0.6 is 11.3 Å². The second-order valence-corrected chi connectivity index (χ2v) is 21.2. The molecule has 0 N–H and O–H groups in total. The zero-order chi connectivity index (χ0) is 39.4. The molecule has 0 bridgehead atoms. The van der Waals surface area contributed by atoms with E-state index in [1.165, 1.54) is 118 Å². The molecule has 11 rings (SSSR count). The Bertz CT molecular complexity index is 2840. The molecule has 1 saturated carbocycles. The van der Waals surface area contributed by atoms with Crippen molar-refractivity contribution in [1.29, 1.82) is 0 Å². The van der Waals surface area contributed by atoms with Gasteiger partial charge in [-0.15, -0.1) is 11.3 Å². The lowest BCUT2D eigenvalue weighted by Gasteiger charge is -2.53. The molecule has 284 valence electrons. The van der Waals surface area contributed by atoms with E-state index in [-0.39, 0.29) is 28.5 Å². The summed E-state index contributed by atoms with van der Waals surface area (Å²) in [5, 5.41) is 2.69. The Labute approximate surface area is 343 Å². The Morgan fingerprint density at radius 3 is 2.12 bits per heavy atom. The van der Waals surface area contributed by atoms with Gasteiger partial charge in [-0.05, 0) is 112 Å². The fourth-order valence-electron chi connectivity index (χ4n) is 11.5. The lowest BCUT2D eigenvalue weighted by Crippen LogP contribution is -2.64. The Morgan fingerprint density at radius 2 is 1.35 bits per heavy atom. The van der Waals surface area contributed by atoms with Crippen molar-refractivity contribution in [2.75, 3.05) is 9.80 Å². The molecule has 0 saturated heterocycles. The standard InChI is InChI=1S/C53H53BN2S/c1-32-27-43-46-44(28-32)56-47-39(52(8)25-15-16-26-53(52,56)9)30-35(51(5,6)7)31-41(47)54(46)40-23-22-37-36-19-13-14-20-45(36)57-49(37)48(40)55(43)42-24-21-34(50(2,3)4)29-38(42)33-17-11-10-12-18-33/h10-14,17-24,27-31H,15-16,25-26H2,1-9H3. The predicted octanol–water partition coefficient (Wildman–Crippen LogP) is 13.0. The van der Waals surface area contributed by atoms with Gasteiger partial charge < -0.3 is 9.80 Å². The molecule has 2 unspecified atom stereocenters. The minimum Gasteiger partial charge on any atom is -0.335 e. The quantitative estimate of drug-likeness (QED) is 0.162. The Kier molecular flexibility index (Phi) is 7.24. The predicted molar refractivity (Wildman–Crippen MR) is 249 cm³/mol. The number of hydrogen-bond acceptors (Lipinski definition) is 3. The van der Waals surface area contributed by atoms with Crippen LogP contribution in [-0.4, -0.2) is 12.3 Å². The van der Waals surface area contributed by atoms with Crippen molar-refractivity contribution in [2.24, 2.45) is 0 Å². The number of nitrogens with zero attached hydrogens (tertiary/aromatic N) is 2. The van der Waals surface area contributed by atoms with Gasteiger partial charge in [-0.3, -0.25) is 0 Å². The number of hydrogen-bond donors (Lipinski definition) is 0. The number of thiophene rings is 1. The number of rotatable bonds is 2. The van der Waals surface area contributed by atoms with Crippen LogP contribution < -0.4 is 26.2 Å². The van der Waals surface area contributed by atoms with Gasteiger partial charge in [-0.1, -0.05) is 140 Å². The maximum absolute atomic E-state index is 2.88. The first-order chi connectivity index (χ1) is 27.2. The highest BCUT2D eigenvalue weighted by molar-refractivity contribution is 7.26. The lowest BCUT2D eigenvalue weighted by atomic mass is 9.33. The van der Waals surface area contributed by atoms with Gasteiger partial charge >= 0.3 is 0 Å². The van der Waals surface area contributed by atoms with Gasteiger partial charge in [0.15, 0.2) is 0 Å². The van der Waals surface area contributed by atoms with Crippen LogP contribution in [0.5, 0.6) is 0 Å². The fourth-order valence-corrected chi connectivity index (χ4v) is 12.7. The van der Waals surface area contributed by atoms with E-state index < -0.39 is 0 Å². The summed E-state index contributed by atoms with van der Waals surface area (Å²) in [5.41, 5.74) is 19.5. The monoisotopic (exact) mass is 760 g/mol. The highest BCUT2D eigenvalue weighted by atomic mass is 32.1. The van der Waals surface area contributed by atoms with Gasteiger partial charge in [0, 0.05) is 43.5 Å². The molecule has 0 radical (unpaired) electrons. The molecule has 1 aliphatic carbocycles. The third kappa shape index (κ3) is 4.71. The number of aryl methyl sites for hydroxylation is 1. The summed E-state index contributed by atoms with van der Waals surface area (Å²) in [6, 6.07) is 42.8. The third-order valence-corrected chi connectivity index (χ3v) is 15.9. The second-order valence-electron chi connectivity index (χ2n) is 20.2. The maximum atomic E-state index is 2.88. The van der Waals surface area contributed by atoms with Crippen molar-refractivity contribution >= 4 is 83.0 Å². The summed E-state index contributed by atoms with van der Waals surface area (Å²) in [6.45, 7) is 21.9. The van der Waals surface area contributed by atoms with E-state index in [4.69, 9.17) is 0 Å². The van der Waals surface area contributed by atoms with Crippen LogP contribution in [0.2, 0.25) is 0 Å². The zero-order valence-electron chi connectivity index (χ0n) is 35.1. The molecule has 4 aliphatic rings. The van der Waals surface area contributed by atoms with Gasteiger partial charge in [-0.2, -0.15) is 0 Å². The van der Waals surface area contributed by atoms with E-state index in [2.05, 4.69) is 181 Å². The Morgan fingerprint density at radius 1 is 0.632 bits per heavy atom. The molecular formula is C53H53BN2S. The van der Waals surface area contributed by atoms with E-state index in [1.54, 1.807) is 5.56 Å². The summed E-state index contributed by atoms with van der Waals surface area (Å²) in [7, 11) is 0. The van der Waals surface area contributed by atoms with Crippen LogP contribution in [0, 0.1) is 6.92 Å². The number of benzene rings is 6. The molecule has 3 aliphatic heterocycles. The van der Waals surface area contributed by atoms with Crippen LogP contribution in [0.15, 0.2) is 109 Å². The van der Waals surface area contributed by atoms with Crippen molar-refractivity contribution < 1.29 is 0 Å². The van der Waals surface area contributed by atoms with E-state index in [1.807, 2.05) is 11.3 Å². The second kappa shape index (κ2) is 11.7. The summed E-state index contributed by atoms with van der Waals surface area (Å²) >= 11 is 1.97.